The summed E-state index contributed by atoms with van der Waals surface area (Å²) >= 11 is 17.9. The number of benzene rings is 1. The van der Waals surface area contributed by atoms with Crippen molar-refractivity contribution in [2.45, 2.75) is 12.8 Å². The van der Waals surface area contributed by atoms with Crippen LogP contribution in [0.15, 0.2) is 12.1 Å². The van der Waals surface area contributed by atoms with Gasteiger partial charge in [-0.15, -0.1) is 0 Å². The van der Waals surface area contributed by atoms with E-state index >= 15 is 0 Å². The highest BCUT2D eigenvalue weighted by atomic mass is 35.5. The number of nitrogens with one attached hydrogen (secondary N) is 1. The van der Waals surface area contributed by atoms with Crippen LogP contribution in [0.3, 0.4) is 0 Å². The lowest BCUT2D eigenvalue weighted by molar-refractivity contribution is 0.0900. The lowest BCUT2D eigenvalue weighted by Gasteiger charge is -2.22. The van der Waals surface area contributed by atoms with E-state index in [1.165, 1.54) is 0 Å². The van der Waals surface area contributed by atoms with E-state index < -0.39 is 0 Å². The Labute approximate surface area is 115 Å². The highest BCUT2D eigenvalue weighted by Gasteiger charge is 2.26. The Kier molecular flexibility index (Phi) is 4.31. The fourth-order valence-corrected chi connectivity index (χ4v) is 3.06. The predicted molar refractivity (Wildman–Crippen MR) is 71.4 cm³/mol. The predicted octanol–water partition coefficient (Wildman–Crippen LogP) is 3.83. The minimum absolute atomic E-state index is 0.00358. The van der Waals surface area contributed by atoms with Gasteiger partial charge in [0, 0.05) is 17.5 Å². The van der Waals surface area contributed by atoms with E-state index in [0.717, 1.165) is 19.4 Å². The van der Waals surface area contributed by atoms with E-state index in [9.17, 15) is 4.79 Å². The average Bonchev–Trinajstić information content (AvgIpc) is 2.28. The molecule has 1 heterocycles. The molecule has 0 amide bonds. The second-order valence-corrected chi connectivity index (χ2v) is 5.40. The van der Waals surface area contributed by atoms with Crippen LogP contribution in [0.25, 0.3) is 0 Å². The Morgan fingerprint density at radius 2 is 1.88 bits per heavy atom. The summed E-state index contributed by atoms with van der Waals surface area (Å²) < 4.78 is 0. The molecule has 1 aliphatic heterocycles. The molecule has 1 saturated heterocycles. The van der Waals surface area contributed by atoms with Gasteiger partial charge in [0.2, 0.25) is 0 Å². The van der Waals surface area contributed by atoms with Crippen LogP contribution in [-0.4, -0.2) is 18.9 Å². The third-order valence-corrected chi connectivity index (χ3v) is 3.74. The van der Waals surface area contributed by atoms with Gasteiger partial charge in [-0.3, -0.25) is 4.79 Å². The van der Waals surface area contributed by atoms with Crippen LogP contribution in [0.2, 0.25) is 15.1 Å². The van der Waals surface area contributed by atoms with Crippen molar-refractivity contribution in [3.05, 3.63) is 32.8 Å². The molecule has 2 nitrogen and oxygen atoms in total. The summed E-state index contributed by atoms with van der Waals surface area (Å²) in [5.41, 5.74) is 0.395. The number of rotatable bonds is 2. The maximum atomic E-state index is 12.3. The number of Topliss-reactive ketones (excluding diaryl/α,β-unsaturated/α-hetero) is 1. The van der Waals surface area contributed by atoms with Crippen LogP contribution in [0.4, 0.5) is 0 Å². The Hall–Kier alpha value is -0.280. The molecule has 1 aliphatic rings. The van der Waals surface area contributed by atoms with Crippen LogP contribution < -0.4 is 5.32 Å². The van der Waals surface area contributed by atoms with Gasteiger partial charge in [-0.25, -0.2) is 0 Å². The monoisotopic (exact) mass is 291 g/mol. The first-order valence-electron chi connectivity index (χ1n) is 5.49. The highest BCUT2D eigenvalue weighted by Crippen LogP contribution is 2.32. The molecular formula is C12H12Cl3NO. The smallest absolute Gasteiger partial charge is 0.170 e. The quantitative estimate of drug-likeness (QED) is 0.839. The molecule has 1 fully saturated rings. The van der Waals surface area contributed by atoms with Crippen molar-refractivity contribution in [3.63, 3.8) is 0 Å². The van der Waals surface area contributed by atoms with Crippen LogP contribution in [-0.2, 0) is 0 Å². The van der Waals surface area contributed by atoms with E-state index in [1.807, 2.05) is 0 Å². The van der Waals surface area contributed by atoms with E-state index in [2.05, 4.69) is 5.32 Å². The summed E-state index contributed by atoms with van der Waals surface area (Å²) in [6, 6.07) is 3.11. The zero-order valence-corrected chi connectivity index (χ0v) is 11.4. The molecule has 1 aromatic carbocycles. The lowest BCUT2D eigenvalue weighted by atomic mass is 9.91. The maximum Gasteiger partial charge on any atom is 0.170 e. The normalized spacial score (nSPS) is 20.3. The van der Waals surface area contributed by atoms with E-state index in [4.69, 9.17) is 34.8 Å². The number of ketones is 1. The SMILES string of the molecule is O=C(c1c(Cl)cc(Cl)cc1Cl)C1CCCNC1. The average molecular weight is 293 g/mol. The Morgan fingerprint density at radius 1 is 1.24 bits per heavy atom. The number of hydrogen-bond donors (Lipinski definition) is 1. The zero-order valence-electron chi connectivity index (χ0n) is 9.10. The number of hydrogen-bond acceptors (Lipinski definition) is 2. The Balaban J connectivity index is 2.30. The first-order chi connectivity index (χ1) is 8.09. The maximum absolute atomic E-state index is 12.3. The first kappa shape index (κ1) is 13.2. The fraction of sp³-hybridized carbons (Fsp3) is 0.417. The molecule has 0 bridgehead atoms. The first-order valence-corrected chi connectivity index (χ1v) is 6.62. The molecule has 0 saturated carbocycles. The number of carbonyl (C=O) groups excluding carboxylic acids is 1. The molecule has 17 heavy (non-hydrogen) atoms. The van der Waals surface area contributed by atoms with E-state index in [1.54, 1.807) is 12.1 Å². The van der Waals surface area contributed by atoms with Gasteiger partial charge in [-0.2, -0.15) is 0 Å². The molecule has 1 unspecified atom stereocenters. The molecule has 92 valence electrons. The van der Waals surface area contributed by atoms with Crippen molar-refractivity contribution in [1.82, 2.24) is 5.32 Å². The number of halogens is 3. The zero-order chi connectivity index (χ0) is 12.4. The van der Waals surface area contributed by atoms with E-state index in [-0.39, 0.29) is 11.7 Å². The lowest BCUT2D eigenvalue weighted by Crippen LogP contribution is -2.34. The molecule has 1 aromatic rings. The summed E-state index contributed by atoms with van der Waals surface area (Å²) in [7, 11) is 0. The van der Waals surface area contributed by atoms with Gasteiger partial charge >= 0.3 is 0 Å². The summed E-state index contributed by atoms with van der Waals surface area (Å²) in [5, 5.41) is 4.31. The van der Waals surface area contributed by atoms with Crippen molar-refractivity contribution in [2.24, 2.45) is 5.92 Å². The molecule has 5 heteroatoms. The third-order valence-electron chi connectivity index (χ3n) is 2.92. The second kappa shape index (κ2) is 5.57. The van der Waals surface area contributed by atoms with Gasteiger partial charge in [-0.1, -0.05) is 34.8 Å². The summed E-state index contributed by atoms with van der Waals surface area (Å²) in [4.78, 5) is 12.3. The van der Waals surface area contributed by atoms with Crippen molar-refractivity contribution in [3.8, 4) is 0 Å². The van der Waals surface area contributed by atoms with Gasteiger partial charge in [-0.05, 0) is 31.5 Å². The fourth-order valence-electron chi connectivity index (χ4n) is 2.06. The van der Waals surface area contributed by atoms with Gasteiger partial charge < -0.3 is 5.32 Å². The van der Waals surface area contributed by atoms with Gasteiger partial charge in [0.25, 0.3) is 0 Å². The molecule has 2 rings (SSSR count). The molecule has 0 spiro atoms. The van der Waals surface area contributed by atoms with E-state index in [0.29, 0.717) is 27.2 Å². The van der Waals surface area contributed by atoms with Gasteiger partial charge in [0.15, 0.2) is 5.78 Å². The Morgan fingerprint density at radius 3 is 2.41 bits per heavy atom. The topological polar surface area (TPSA) is 29.1 Å². The molecule has 0 radical (unpaired) electrons. The minimum atomic E-state index is -0.0417. The third kappa shape index (κ3) is 2.94. The van der Waals surface area contributed by atoms with Gasteiger partial charge in [0.05, 0.1) is 15.6 Å². The van der Waals surface area contributed by atoms with Crippen molar-refractivity contribution >= 4 is 40.6 Å². The number of carbonyl (C=O) groups is 1. The molecule has 1 N–H and O–H groups in total. The summed E-state index contributed by atoms with van der Waals surface area (Å²) in [5.74, 6) is -0.0382. The molecule has 1 atom stereocenters. The largest absolute Gasteiger partial charge is 0.316 e. The summed E-state index contributed by atoms with van der Waals surface area (Å²) in [6.07, 6.45) is 1.88. The van der Waals surface area contributed by atoms with Gasteiger partial charge in [0.1, 0.15) is 0 Å². The Bertz CT molecular complexity index is 418. The van der Waals surface area contributed by atoms with Crippen LogP contribution in [0, 0.1) is 5.92 Å². The van der Waals surface area contributed by atoms with Crippen molar-refractivity contribution in [2.75, 3.05) is 13.1 Å². The minimum Gasteiger partial charge on any atom is -0.316 e. The second-order valence-electron chi connectivity index (χ2n) is 4.15. The molecule has 0 aromatic heterocycles. The molecule has 0 aliphatic carbocycles. The van der Waals surface area contributed by atoms with Crippen LogP contribution in [0.5, 0.6) is 0 Å². The van der Waals surface area contributed by atoms with Crippen LogP contribution in [0.1, 0.15) is 23.2 Å². The standard InChI is InChI=1S/C12H12Cl3NO/c13-8-4-9(14)11(10(15)5-8)12(17)7-2-1-3-16-6-7/h4-5,7,16H,1-3,6H2. The number of piperidine rings is 1. The van der Waals surface area contributed by atoms with Crippen molar-refractivity contribution in [1.29, 1.82) is 0 Å². The highest BCUT2D eigenvalue weighted by molar-refractivity contribution is 6.42. The molecular weight excluding hydrogens is 280 g/mol. The van der Waals surface area contributed by atoms with Crippen molar-refractivity contribution < 1.29 is 4.79 Å². The summed E-state index contributed by atoms with van der Waals surface area (Å²) in [6.45, 7) is 1.65. The van der Waals surface area contributed by atoms with Crippen LogP contribution >= 0.6 is 34.8 Å².